The maximum atomic E-state index is 14.1. The average Bonchev–Trinajstić information content (AvgIpc) is 2.82. The summed E-state index contributed by atoms with van der Waals surface area (Å²) in [6.07, 6.45) is 3.13. The molecule has 1 aromatic heterocycles. The number of fused-ring (bicyclic) bond motifs is 4. The Labute approximate surface area is 202 Å². The van der Waals surface area contributed by atoms with Crippen LogP contribution in [0.3, 0.4) is 0 Å². The summed E-state index contributed by atoms with van der Waals surface area (Å²) in [5.74, 6) is -0.444. The molecule has 2 aromatic carbocycles. The van der Waals surface area contributed by atoms with Gasteiger partial charge >= 0.3 is 5.97 Å². The highest BCUT2D eigenvalue weighted by molar-refractivity contribution is 7.99. The van der Waals surface area contributed by atoms with E-state index in [4.69, 9.17) is 4.74 Å². The molecule has 0 amide bonds. The van der Waals surface area contributed by atoms with Crippen LogP contribution in [-0.2, 0) is 17.8 Å². The van der Waals surface area contributed by atoms with Crippen molar-refractivity contribution >= 4 is 29.3 Å². The molecule has 0 fully saturated rings. The Hall–Kier alpha value is -3.26. The zero-order valence-electron chi connectivity index (χ0n) is 19.6. The first-order valence-electron chi connectivity index (χ1n) is 11.2. The van der Waals surface area contributed by atoms with Gasteiger partial charge in [0.25, 0.3) is 0 Å². The summed E-state index contributed by atoms with van der Waals surface area (Å²) in [6.45, 7) is 7.85. The van der Waals surface area contributed by atoms with Crippen molar-refractivity contribution in [1.82, 2.24) is 4.98 Å². The molecular formula is C26H26FN3O3S. The normalized spacial score (nSPS) is 14.0. The van der Waals surface area contributed by atoms with E-state index in [2.05, 4.69) is 14.6 Å². The minimum absolute atomic E-state index is 0.0956. The van der Waals surface area contributed by atoms with Crippen LogP contribution in [0.15, 0.2) is 24.4 Å². The number of carboxylic acids is 1. The molecule has 0 unspecified atom stereocenters. The van der Waals surface area contributed by atoms with Crippen molar-refractivity contribution in [2.75, 3.05) is 29.0 Å². The summed E-state index contributed by atoms with van der Waals surface area (Å²) >= 11 is 1.54. The van der Waals surface area contributed by atoms with Crippen molar-refractivity contribution < 1.29 is 19.0 Å². The lowest BCUT2D eigenvalue weighted by Gasteiger charge is -2.35. The highest BCUT2D eigenvalue weighted by Gasteiger charge is 2.32. The number of aliphatic carboxylic acids is 1. The van der Waals surface area contributed by atoms with Gasteiger partial charge in [0.15, 0.2) is 0 Å². The van der Waals surface area contributed by atoms with Gasteiger partial charge in [-0.05, 0) is 66.3 Å². The first-order chi connectivity index (χ1) is 16.3. The topological polar surface area (TPSA) is 74.7 Å². The van der Waals surface area contributed by atoms with Gasteiger partial charge in [-0.25, -0.2) is 4.39 Å². The number of hydrogen-bond donors (Lipinski definition) is 2. The van der Waals surface area contributed by atoms with E-state index < -0.39 is 5.97 Å². The molecule has 2 N–H and O–H groups in total. The van der Waals surface area contributed by atoms with Gasteiger partial charge in [-0.1, -0.05) is 18.0 Å². The molecule has 8 heteroatoms. The van der Waals surface area contributed by atoms with E-state index in [0.29, 0.717) is 19.7 Å². The minimum Gasteiger partial charge on any atom is -0.490 e. The third kappa shape index (κ3) is 3.48. The number of anilines is 2. The number of ether oxygens (including phenoxy) is 1. The van der Waals surface area contributed by atoms with Gasteiger partial charge in [0.1, 0.15) is 18.2 Å². The van der Waals surface area contributed by atoms with E-state index in [1.54, 1.807) is 18.0 Å². The van der Waals surface area contributed by atoms with Gasteiger partial charge < -0.3 is 19.5 Å². The molecule has 176 valence electrons. The second-order valence-corrected chi connectivity index (χ2v) is 9.47. The van der Waals surface area contributed by atoms with E-state index in [9.17, 15) is 14.3 Å². The largest absolute Gasteiger partial charge is 0.490 e. The van der Waals surface area contributed by atoms with Gasteiger partial charge in [0.05, 0.1) is 36.2 Å². The maximum Gasteiger partial charge on any atom is 0.307 e. The maximum absolute atomic E-state index is 14.1. The Kier molecular flexibility index (Phi) is 5.64. The number of benzene rings is 2. The van der Waals surface area contributed by atoms with Gasteiger partial charge in [0, 0.05) is 23.9 Å². The summed E-state index contributed by atoms with van der Waals surface area (Å²) < 4.78 is 22.0. The van der Waals surface area contributed by atoms with Crippen LogP contribution in [0.4, 0.5) is 15.8 Å². The Bertz CT molecular complexity index is 1340. The lowest BCUT2D eigenvalue weighted by Crippen LogP contribution is -2.23. The molecule has 0 atom stereocenters. The van der Waals surface area contributed by atoms with Crippen LogP contribution in [0, 0.1) is 26.6 Å². The van der Waals surface area contributed by atoms with Crippen LogP contribution in [0.25, 0.3) is 22.4 Å². The molecule has 2 aliphatic heterocycles. The molecule has 6 nitrogen and oxygen atoms in total. The van der Waals surface area contributed by atoms with Gasteiger partial charge in [-0.3, -0.25) is 9.78 Å². The summed E-state index contributed by atoms with van der Waals surface area (Å²) in [4.78, 5) is 16.5. The molecule has 0 radical (unpaired) electrons. The van der Waals surface area contributed by atoms with Crippen LogP contribution in [0.2, 0.25) is 0 Å². The van der Waals surface area contributed by atoms with Gasteiger partial charge in [0.2, 0.25) is 0 Å². The number of hydrogen-bond acceptors (Lipinski definition) is 6. The van der Waals surface area contributed by atoms with Crippen molar-refractivity contribution in [2.24, 2.45) is 0 Å². The molecule has 34 heavy (non-hydrogen) atoms. The number of carbonyl (C=O) groups is 1. The molecule has 0 spiro atoms. The van der Waals surface area contributed by atoms with Crippen molar-refractivity contribution in [1.29, 1.82) is 0 Å². The summed E-state index contributed by atoms with van der Waals surface area (Å²) in [6, 6.07) is 5.49. The molecule has 3 aromatic rings. The van der Waals surface area contributed by atoms with E-state index in [0.717, 1.165) is 67.3 Å². The monoisotopic (exact) mass is 479 g/mol. The average molecular weight is 480 g/mol. The molecule has 2 aliphatic rings. The van der Waals surface area contributed by atoms with Crippen molar-refractivity contribution in [3.05, 3.63) is 58.0 Å². The van der Waals surface area contributed by atoms with E-state index in [1.807, 2.05) is 39.2 Å². The van der Waals surface area contributed by atoms with E-state index in [1.165, 1.54) is 6.20 Å². The fraction of sp³-hybridized carbons (Fsp3) is 0.308. The molecule has 5 rings (SSSR count). The van der Waals surface area contributed by atoms with E-state index >= 15 is 0 Å². The standard InChI is InChI=1S/C26H26FN3O3S/c1-13-18(5-6-20-24(13)28-7-8-33-20)22-15(3)23-25-16(9-17(27)11-29-25)12-30(34-4)26(23)14(2)19(22)10-21(31)32/h5-6,9,11,28H,7-8,10,12H2,1-4H3,(H,31,32). The molecule has 0 aliphatic carbocycles. The van der Waals surface area contributed by atoms with Crippen LogP contribution < -0.4 is 14.4 Å². The lowest BCUT2D eigenvalue weighted by molar-refractivity contribution is -0.136. The number of rotatable bonds is 4. The fourth-order valence-corrected chi connectivity index (χ4v) is 5.92. The van der Waals surface area contributed by atoms with Crippen molar-refractivity contribution in [3.63, 3.8) is 0 Å². The third-order valence-electron chi connectivity index (χ3n) is 6.74. The second-order valence-electron chi connectivity index (χ2n) is 8.66. The predicted octanol–water partition coefficient (Wildman–Crippen LogP) is 5.51. The molecule has 3 heterocycles. The van der Waals surface area contributed by atoms with Crippen LogP contribution >= 0.6 is 11.9 Å². The number of nitrogens with one attached hydrogen (secondary N) is 1. The Morgan fingerprint density at radius 3 is 2.76 bits per heavy atom. The smallest absolute Gasteiger partial charge is 0.307 e. The van der Waals surface area contributed by atoms with E-state index in [-0.39, 0.29) is 12.2 Å². The highest BCUT2D eigenvalue weighted by atomic mass is 32.2. The predicted molar refractivity (Wildman–Crippen MR) is 134 cm³/mol. The molecule has 0 saturated carbocycles. The van der Waals surface area contributed by atoms with Crippen molar-refractivity contribution in [2.45, 2.75) is 33.7 Å². The number of pyridine rings is 1. The number of aromatic nitrogens is 1. The van der Waals surface area contributed by atoms with Crippen LogP contribution in [-0.4, -0.2) is 35.5 Å². The quantitative estimate of drug-likeness (QED) is 0.478. The molecular weight excluding hydrogens is 453 g/mol. The first kappa shape index (κ1) is 22.5. The second kappa shape index (κ2) is 8.51. The summed E-state index contributed by atoms with van der Waals surface area (Å²) in [5.41, 5.74) is 9.89. The summed E-state index contributed by atoms with van der Waals surface area (Å²) in [5, 5.41) is 13.3. The van der Waals surface area contributed by atoms with Gasteiger partial charge in [-0.2, -0.15) is 0 Å². The lowest BCUT2D eigenvalue weighted by atomic mass is 9.81. The first-order valence-corrected chi connectivity index (χ1v) is 12.3. The number of halogens is 1. The Balaban J connectivity index is 1.87. The molecule has 0 saturated heterocycles. The highest BCUT2D eigenvalue weighted by Crippen LogP contribution is 2.51. The zero-order valence-corrected chi connectivity index (χ0v) is 20.4. The number of nitrogens with zero attached hydrogens (tertiary/aromatic N) is 2. The number of carboxylic acid groups (broad SMARTS) is 1. The molecule has 0 bridgehead atoms. The Morgan fingerprint density at radius 2 is 2.03 bits per heavy atom. The van der Waals surface area contributed by atoms with Crippen molar-refractivity contribution in [3.8, 4) is 28.1 Å². The van der Waals surface area contributed by atoms with Gasteiger partial charge in [-0.15, -0.1) is 0 Å². The zero-order chi connectivity index (χ0) is 24.1. The summed E-state index contributed by atoms with van der Waals surface area (Å²) in [7, 11) is 0. The minimum atomic E-state index is -0.882. The van der Waals surface area contributed by atoms with Crippen LogP contribution in [0.5, 0.6) is 5.75 Å². The third-order valence-corrected chi connectivity index (χ3v) is 7.49. The SMILES string of the molecule is CSN1Cc2cc(F)cnc2-c2c(C)c(-c3ccc4c(c3C)NCCO4)c(CC(=O)O)c(C)c21. The van der Waals surface area contributed by atoms with Crippen LogP contribution in [0.1, 0.15) is 27.8 Å². The Morgan fingerprint density at radius 1 is 1.24 bits per heavy atom. The fourth-order valence-electron chi connectivity index (χ4n) is 5.24.